The van der Waals surface area contributed by atoms with Crippen molar-refractivity contribution < 1.29 is 0 Å². The molecule has 1 heterocycles. The standard InChI is InChI=1S/C11H16BrNS/c1-3-5-10(13-8-9(2)12)11-6-4-7-14-11/h4,6-7,10,13H,2-3,5,8H2,1H3. The SMILES string of the molecule is C=C(Br)CNC(CCC)c1cccs1. The van der Waals surface area contributed by atoms with Gasteiger partial charge in [-0.1, -0.05) is 41.9 Å². The van der Waals surface area contributed by atoms with Crippen LogP contribution >= 0.6 is 27.3 Å². The molecule has 0 aromatic carbocycles. The van der Waals surface area contributed by atoms with Gasteiger partial charge in [0.25, 0.3) is 0 Å². The predicted octanol–water partition coefficient (Wildman–Crippen LogP) is 4.09. The lowest BCUT2D eigenvalue weighted by Gasteiger charge is -2.16. The topological polar surface area (TPSA) is 12.0 Å². The predicted molar refractivity (Wildman–Crippen MR) is 68.0 cm³/mol. The van der Waals surface area contributed by atoms with Crippen molar-refractivity contribution >= 4 is 27.3 Å². The molecule has 78 valence electrons. The highest BCUT2D eigenvalue weighted by Crippen LogP contribution is 2.23. The van der Waals surface area contributed by atoms with E-state index in [2.05, 4.69) is 52.3 Å². The van der Waals surface area contributed by atoms with Crippen molar-refractivity contribution in [3.63, 3.8) is 0 Å². The van der Waals surface area contributed by atoms with Crippen molar-refractivity contribution in [1.29, 1.82) is 0 Å². The summed E-state index contributed by atoms with van der Waals surface area (Å²) in [6.07, 6.45) is 2.38. The lowest BCUT2D eigenvalue weighted by Crippen LogP contribution is -2.21. The van der Waals surface area contributed by atoms with E-state index in [1.807, 2.05) is 11.3 Å². The first-order valence-corrected chi connectivity index (χ1v) is 6.51. The molecule has 14 heavy (non-hydrogen) atoms. The normalized spacial score (nSPS) is 12.7. The Labute approximate surface area is 98.4 Å². The molecule has 1 N–H and O–H groups in total. The minimum Gasteiger partial charge on any atom is -0.305 e. The molecule has 0 radical (unpaired) electrons. The largest absolute Gasteiger partial charge is 0.305 e. The van der Waals surface area contributed by atoms with E-state index >= 15 is 0 Å². The second-order valence-corrected chi connectivity index (χ2v) is 5.36. The summed E-state index contributed by atoms with van der Waals surface area (Å²) in [5.74, 6) is 0. The molecule has 0 saturated carbocycles. The minimum atomic E-state index is 0.481. The molecule has 1 aromatic rings. The highest BCUT2D eigenvalue weighted by molar-refractivity contribution is 9.11. The van der Waals surface area contributed by atoms with E-state index in [1.54, 1.807) is 0 Å². The van der Waals surface area contributed by atoms with Crippen LogP contribution in [-0.2, 0) is 0 Å². The zero-order valence-corrected chi connectivity index (χ0v) is 10.8. The summed E-state index contributed by atoms with van der Waals surface area (Å²) in [6.45, 7) is 6.88. The van der Waals surface area contributed by atoms with E-state index in [0.717, 1.165) is 11.0 Å². The smallest absolute Gasteiger partial charge is 0.0417 e. The van der Waals surface area contributed by atoms with Crippen LogP contribution in [-0.4, -0.2) is 6.54 Å². The second-order valence-electron chi connectivity index (χ2n) is 3.25. The van der Waals surface area contributed by atoms with Gasteiger partial charge < -0.3 is 5.32 Å². The zero-order valence-electron chi connectivity index (χ0n) is 8.42. The Hall–Kier alpha value is -0.120. The number of halogens is 1. The van der Waals surface area contributed by atoms with Crippen LogP contribution in [0, 0.1) is 0 Å². The fourth-order valence-electron chi connectivity index (χ4n) is 1.36. The van der Waals surface area contributed by atoms with E-state index in [1.165, 1.54) is 17.7 Å². The average molecular weight is 274 g/mol. The quantitative estimate of drug-likeness (QED) is 0.824. The summed E-state index contributed by atoms with van der Waals surface area (Å²) in [6, 6.07) is 4.77. The fourth-order valence-corrected chi connectivity index (χ4v) is 2.36. The van der Waals surface area contributed by atoms with Crippen LogP contribution in [0.1, 0.15) is 30.7 Å². The van der Waals surface area contributed by atoms with E-state index in [4.69, 9.17) is 0 Å². The van der Waals surface area contributed by atoms with Gasteiger partial charge in [0, 0.05) is 21.9 Å². The first kappa shape index (κ1) is 12.0. The molecule has 0 aliphatic heterocycles. The maximum Gasteiger partial charge on any atom is 0.0417 e. The van der Waals surface area contributed by atoms with Crippen LogP contribution < -0.4 is 5.32 Å². The van der Waals surface area contributed by atoms with Gasteiger partial charge >= 0.3 is 0 Å². The van der Waals surface area contributed by atoms with Gasteiger partial charge in [0.05, 0.1) is 0 Å². The fraction of sp³-hybridized carbons (Fsp3) is 0.455. The van der Waals surface area contributed by atoms with Gasteiger partial charge in [-0.05, 0) is 17.9 Å². The van der Waals surface area contributed by atoms with E-state index < -0.39 is 0 Å². The van der Waals surface area contributed by atoms with Crippen molar-refractivity contribution in [3.05, 3.63) is 33.5 Å². The molecule has 0 amide bonds. The third-order valence-electron chi connectivity index (χ3n) is 2.00. The Morgan fingerprint density at radius 3 is 3.00 bits per heavy atom. The van der Waals surface area contributed by atoms with Gasteiger partial charge in [-0.25, -0.2) is 0 Å². The van der Waals surface area contributed by atoms with Crippen LogP contribution in [0.3, 0.4) is 0 Å². The lowest BCUT2D eigenvalue weighted by atomic mass is 10.1. The van der Waals surface area contributed by atoms with Crippen LogP contribution in [0.5, 0.6) is 0 Å². The van der Waals surface area contributed by atoms with Crippen LogP contribution in [0.2, 0.25) is 0 Å². The maximum absolute atomic E-state index is 3.83. The zero-order chi connectivity index (χ0) is 10.4. The highest BCUT2D eigenvalue weighted by Gasteiger charge is 2.10. The molecule has 0 spiro atoms. The van der Waals surface area contributed by atoms with E-state index in [0.29, 0.717) is 6.04 Å². The number of hydrogen-bond acceptors (Lipinski definition) is 2. The molecule has 3 heteroatoms. The molecule has 1 nitrogen and oxygen atoms in total. The van der Waals surface area contributed by atoms with Gasteiger partial charge in [0.2, 0.25) is 0 Å². The summed E-state index contributed by atoms with van der Waals surface area (Å²) in [5, 5.41) is 5.61. The van der Waals surface area contributed by atoms with Crippen LogP contribution in [0.15, 0.2) is 28.6 Å². The molecule has 1 unspecified atom stereocenters. The summed E-state index contributed by atoms with van der Waals surface area (Å²) in [7, 11) is 0. The van der Waals surface area contributed by atoms with Gasteiger partial charge in [-0.3, -0.25) is 0 Å². The van der Waals surface area contributed by atoms with Crippen LogP contribution in [0.4, 0.5) is 0 Å². The molecule has 0 saturated heterocycles. The van der Waals surface area contributed by atoms with Crippen molar-refractivity contribution in [1.82, 2.24) is 5.32 Å². The highest BCUT2D eigenvalue weighted by atomic mass is 79.9. The first-order valence-electron chi connectivity index (χ1n) is 4.84. The van der Waals surface area contributed by atoms with Gasteiger partial charge in [0.15, 0.2) is 0 Å². The van der Waals surface area contributed by atoms with Crippen molar-refractivity contribution in [2.75, 3.05) is 6.54 Å². The first-order chi connectivity index (χ1) is 6.74. The second kappa shape index (κ2) is 6.38. The Morgan fingerprint density at radius 2 is 2.50 bits per heavy atom. The minimum absolute atomic E-state index is 0.481. The molecular weight excluding hydrogens is 258 g/mol. The third-order valence-corrected chi connectivity index (χ3v) is 3.27. The maximum atomic E-state index is 3.83. The molecule has 1 rings (SSSR count). The third kappa shape index (κ3) is 3.95. The monoisotopic (exact) mass is 273 g/mol. The van der Waals surface area contributed by atoms with Crippen molar-refractivity contribution in [2.24, 2.45) is 0 Å². The van der Waals surface area contributed by atoms with Crippen molar-refractivity contribution in [2.45, 2.75) is 25.8 Å². The average Bonchev–Trinajstić information content (AvgIpc) is 2.64. The van der Waals surface area contributed by atoms with Gasteiger partial charge in [0.1, 0.15) is 0 Å². The van der Waals surface area contributed by atoms with Crippen molar-refractivity contribution in [3.8, 4) is 0 Å². The molecular formula is C11H16BrNS. The summed E-state index contributed by atoms with van der Waals surface area (Å²) < 4.78 is 1.01. The van der Waals surface area contributed by atoms with E-state index in [-0.39, 0.29) is 0 Å². The Bertz CT molecular complexity index is 269. The number of rotatable bonds is 6. The number of hydrogen-bond donors (Lipinski definition) is 1. The lowest BCUT2D eigenvalue weighted by molar-refractivity contribution is 0.527. The summed E-state index contributed by atoms with van der Waals surface area (Å²) in [5.41, 5.74) is 0. The molecule has 0 bridgehead atoms. The molecule has 1 aromatic heterocycles. The Kier molecular flexibility index (Phi) is 5.45. The summed E-state index contributed by atoms with van der Waals surface area (Å²) >= 11 is 5.18. The molecule has 0 fully saturated rings. The number of nitrogens with one attached hydrogen (secondary N) is 1. The van der Waals surface area contributed by atoms with Gasteiger partial charge in [-0.15, -0.1) is 11.3 Å². The number of thiophene rings is 1. The molecule has 0 aliphatic rings. The van der Waals surface area contributed by atoms with E-state index in [9.17, 15) is 0 Å². The van der Waals surface area contributed by atoms with Gasteiger partial charge in [-0.2, -0.15) is 0 Å². The molecule has 1 atom stereocenters. The summed E-state index contributed by atoms with van der Waals surface area (Å²) in [4.78, 5) is 1.42. The molecule has 0 aliphatic carbocycles. The Morgan fingerprint density at radius 1 is 1.71 bits per heavy atom. The van der Waals surface area contributed by atoms with Crippen LogP contribution in [0.25, 0.3) is 0 Å². The Balaban J connectivity index is 2.51.